The van der Waals surface area contributed by atoms with Gasteiger partial charge < -0.3 is 4.74 Å². The summed E-state index contributed by atoms with van der Waals surface area (Å²) < 4.78 is 6.66. The van der Waals surface area contributed by atoms with Crippen LogP contribution in [0, 0.1) is 0 Å². The van der Waals surface area contributed by atoms with Gasteiger partial charge in [-0.25, -0.2) is 0 Å². The van der Waals surface area contributed by atoms with E-state index < -0.39 is 0 Å². The van der Waals surface area contributed by atoms with Crippen LogP contribution in [0.4, 0.5) is 0 Å². The van der Waals surface area contributed by atoms with Crippen LogP contribution in [0.2, 0.25) is 0 Å². The molecule has 1 unspecified atom stereocenters. The van der Waals surface area contributed by atoms with Gasteiger partial charge >= 0.3 is 0 Å². The predicted octanol–water partition coefficient (Wildman–Crippen LogP) is 2.38. The van der Waals surface area contributed by atoms with E-state index in [0.717, 1.165) is 18.6 Å². The summed E-state index contributed by atoms with van der Waals surface area (Å²) in [5, 5.41) is 4.19. The zero-order chi connectivity index (χ0) is 12.5. The summed E-state index contributed by atoms with van der Waals surface area (Å²) in [6.07, 6.45) is 3.67. The molecule has 0 aliphatic carbocycles. The average molecular weight is 254 g/mol. The van der Waals surface area contributed by atoms with Crippen LogP contribution in [0.25, 0.3) is 0 Å². The normalized spacial score (nSPS) is 23.9. The molecule has 0 N–H and O–H groups in total. The van der Waals surface area contributed by atoms with Crippen LogP contribution in [0.3, 0.4) is 0 Å². The van der Waals surface area contributed by atoms with E-state index in [-0.39, 0.29) is 10.5 Å². The molecular weight excluding hydrogens is 236 g/mol. The highest BCUT2D eigenvalue weighted by Crippen LogP contribution is 2.41. The standard InChI is InChI=1S/C12H18N2O2S/c1-4-14-10(9(16-3)8-13-14)11(15)12(2)6-5-7-17-12/h8H,4-7H2,1-3H3. The molecule has 0 radical (unpaired) electrons. The molecule has 1 aliphatic rings. The van der Waals surface area contributed by atoms with E-state index in [1.807, 2.05) is 13.8 Å². The van der Waals surface area contributed by atoms with E-state index >= 15 is 0 Å². The molecule has 2 rings (SSSR count). The van der Waals surface area contributed by atoms with Crippen molar-refractivity contribution in [3.8, 4) is 5.75 Å². The number of carbonyl (C=O) groups excluding carboxylic acids is 1. The van der Waals surface area contributed by atoms with Gasteiger partial charge in [0.2, 0.25) is 0 Å². The van der Waals surface area contributed by atoms with E-state index in [1.165, 1.54) is 0 Å². The number of nitrogens with zero attached hydrogens (tertiary/aromatic N) is 2. The Labute approximate surface area is 106 Å². The predicted molar refractivity (Wildman–Crippen MR) is 68.9 cm³/mol. The van der Waals surface area contributed by atoms with Crippen molar-refractivity contribution in [2.24, 2.45) is 0 Å². The van der Waals surface area contributed by atoms with Gasteiger partial charge in [-0.05, 0) is 32.4 Å². The Kier molecular flexibility index (Phi) is 3.47. The van der Waals surface area contributed by atoms with Crippen LogP contribution in [0.1, 0.15) is 37.2 Å². The zero-order valence-electron chi connectivity index (χ0n) is 10.5. The SMILES string of the molecule is CCn1ncc(OC)c1C(=O)C1(C)CCCS1. The summed E-state index contributed by atoms with van der Waals surface area (Å²) in [5.74, 6) is 1.80. The van der Waals surface area contributed by atoms with Gasteiger partial charge in [0.25, 0.3) is 0 Å². The number of methoxy groups -OCH3 is 1. The quantitative estimate of drug-likeness (QED) is 0.774. The first kappa shape index (κ1) is 12.5. The van der Waals surface area contributed by atoms with Gasteiger partial charge in [-0.1, -0.05) is 0 Å². The number of hydrogen-bond acceptors (Lipinski definition) is 4. The fourth-order valence-corrected chi connectivity index (χ4v) is 3.45. The number of aromatic nitrogens is 2. The summed E-state index contributed by atoms with van der Waals surface area (Å²) in [4.78, 5) is 12.6. The smallest absolute Gasteiger partial charge is 0.200 e. The first-order valence-corrected chi connectivity index (χ1v) is 6.89. The van der Waals surface area contributed by atoms with Crippen LogP contribution >= 0.6 is 11.8 Å². The molecule has 1 aliphatic heterocycles. The highest BCUT2D eigenvalue weighted by atomic mass is 32.2. The van der Waals surface area contributed by atoms with E-state index in [1.54, 1.807) is 29.8 Å². The molecule has 0 amide bonds. The highest BCUT2D eigenvalue weighted by molar-refractivity contribution is 8.01. The second kappa shape index (κ2) is 4.72. The Morgan fingerprint density at radius 2 is 2.47 bits per heavy atom. The molecule has 0 saturated carbocycles. The molecule has 5 heteroatoms. The molecule has 4 nitrogen and oxygen atoms in total. The molecule has 1 aromatic rings. The maximum absolute atomic E-state index is 12.6. The van der Waals surface area contributed by atoms with E-state index in [4.69, 9.17) is 4.74 Å². The van der Waals surface area contributed by atoms with Gasteiger partial charge in [0.1, 0.15) is 5.69 Å². The summed E-state index contributed by atoms with van der Waals surface area (Å²) >= 11 is 1.74. The Morgan fingerprint density at radius 3 is 3.00 bits per heavy atom. The zero-order valence-corrected chi connectivity index (χ0v) is 11.3. The van der Waals surface area contributed by atoms with Crippen molar-refractivity contribution in [2.45, 2.75) is 38.0 Å². The molecular formula is C12H18N2O2S. The molecule has 0 spiro atoms. The Bertz CT molecular complexity index is 401. The second-order valence-corrected chi connectivity index (χ2v) is 5.99. The van der Waals surface area contributed by atoms with Crippen molar-refractivity contribution in [1.82, 2.24) is 9.78 Å². The topological polar surface area (TPSA) is 44.1 Å². The Balaban J connectivity index is 2.38. The largest absolute Gasteiger partial charge is 0.493 e. The number of ketones is 1. The molecule has 1 saturated heterocycles. The molecule has 0 bridgehead atoms. The maximum atomic E-state index is 12.6. The second-order valence-electron chi connectivity index (χ2n) is 4.39. The minimum absolute atomic E-state index is 0.149. The number of hydrogen-bond donors (Lipinski definition) is 0. The van der Waals surface area contributed by atoms with Gasteiger partial charge in [0, 0.05) is 6.54 Å². The number of Topliss-reactive ketones (excluding diaryl/α,β-unsaturated/α-hetero) is 1. The maximum Gasteiger partial charge on any atom is 0.200 e. The van der Waals surface area contributed by atoms with Crippen LogP contribution in [-0.2, 0) is 6.54 Å². The van der Waals surface area contributed by atoms with Gasteiger partial charge in [-0.2, -0.15) is 5.10 Å². The van der Waals surface area contributed by atoms with Gasteiger partial charge in [-0.3, -0.25) is 9.48 Å². The highest BCUT2D eigenvalue weighted by Gasteiger charge is 2.40. The van der Waals surface area contributed by atoms with Crippen molar-refractivity contribution in [3.63, 3.8) is 0 Å². The minimum atomic E-state index is -0.305. The number of aryl methyl sites for hydroxylation is 1. The summed E-state index contributed by atoms with van der Waals surface area (Å²) in [6, 6.07) is 0. The fraction of sp³-hybridized carbons (Fsp3) is 0.667. The van der Waals surface area contributed by atoms with Gasteiger partial charge in [0.15, 0.2) is 11.5 Å². The Morgan fingerprint density at radius 1 is 1.71 bits per heavy atom. The molecule has 17 heavy (non-hydrogen) atoms. The molecule has 2 heterocycles. The van der Waals surface area contributed by atoms with Crippen molar-refractivity contribution in [1.29, 1.82) is 0 Å². The minimum Gasteiger partial charge on any atom is -0.493 e. The van der Waals surface area contributed by atoms with Crippen molar-refractivity contribution in [2.75, 3.05) is 12.9 Å². The van der Waals surface area contributed by atoms with Gasteiger partial charge in [0.05, 0.1) is 18.1 Å². The third-order valence-corrected chi connectivity index (χ3v) is 4.76. The number of carbonyl (C=O) groups is 1. The van der Waals surface area contributed by atoms with Gasteiger partial charge in [-0.15, -0.1) is 11.8 Å². The first-order chi connectivity index (χ1) is 8.12. The fourth-order valence-electron chi connectivity index (χ4n) is 2.20. The lowest BCUT2D eigenvalue weighted by Crippen LogP contribution is -2.31. The summed E-state index contributed by atoms with van der Waals surface area (Å²) in [7, 11) is 1.58. The van der Waals surface area contributed by atoms with E-state index in [2.05, 4.69) is 5.10 Å². The third-order valence-electron chi connectivity index (χ3n) is 3.24. The number of ether oxygens (including phenoxy) is 1. The molecule has 1 atom stereocenters. The molecule has 0 aromatic carbocycles. The van der Waals surface area contributed by atoms with E-state index in [9.17, 15) is 4.79 Å². The number of thioether (sulfide) groups is 1. The lowest BCUT2D eigenvalue weighted by molar-refractivity contribution is 0.0935. The van der Waals surface area contributed by atoms with Crippen LogP contribution < -0.4 is 4.74 Å². The lowest BCUT2D eigenvalue weighted by atomic mass is 9.97. The molecule has 94 valence electrons. The Hall–Kier alpha value is -0.970. The average Bonchev–Trinajstić information content (AvgIpc) is 2.94. The van der Waals surface area contributed by atoms with E-state index in [0.29, 0.717) is 18.0 Å². The molecule has 1 aromatic heterocycles. The lowest BCUT2D eigenvalue weighted by Gasteiger charge is -2.21. The summed E-state index contributed by atoms with van der Waals surface area (Å²) in [6.45, 7) is 4.69. The monoisotopic (exact) mass is 254 g/mol. The number of rotatable bonds is 4. The van der Waals surface area contributed by atoms with Crippen LogP contribution in [0.5, 0.6) is 5.75 Å². The van der Waals surface area contributed by atoms with Crippen molar-refractivity contribution in [3.05, 3.63) is 11.9 Å². The van der Waals surface area contributed by atoms with Crippen molar-refractivity contribution < 1.29 is 9.53 Å². The van der Waals surface area contributed by atoms with Crippen LogP contribution in [0.15, 0.2) is 6.20 Å². The van der Waals surface area contributed by atoms with Crippen molar-refractivity contribution >= 4 is 17.5 Å². The summed E-state index contributed by atoms with van der Waals surface area (Å²) in [5.41, 5.74) is 0.618. The third kappa shape index (κ3) is 2.08. The van der Waals surface area contributed by atoms with Crippen LogP contribution in [-0.4, -0.2) is 33.2 Å². The molecule has 1 fully saturated rings. The first-order valence-electron chi connectivity index (χ1n) is 5.91.